The van der Waals surface area contributed by atoms with Crippen molar-refractivity contribution in [3.63, 3.8) is 0 Å². The molecule has 0 bridgehead atoms. The van der Waals surface area contributed by atoms with Gasteiger partial charge in [0, 0.05) is 20.1 Å². The number of fused-ring (bicyclic) bond motifs is 1. The zero-order valence-electron chi connectivity index (χ0n) is 16.5. The number of amides is 2. The molecule has 0 aliphatic carbocycles. The van der Waals surface area contributed by atoms with Gasteiger partial charge in [0.05, 0.1) is 16.4 Å². The van der Waals surface area contributed by atoms with Crippen LogP contribution in [0.5, 0.6) is 0 Å². The van der Waals surface area contributed by atoms with Gasteiger partial charge in [-0.2, -0.15) is 0 Å². The van der Waals surface area contributed by atoms with Gasteiger partial charge < -0.3 is 19.9 Å². The van der Waals surface area contributed by atoms with E-state index < -0.39 is 17.4 Å². The molecule has 1 aromatic heterocycles. The standard InChI is InChI=1S/C22H24N4O3/c1-22(20(27)28)12-13-26(14-22)21(29)24-18(15-8-4-3-5-9-15)19-23-16-10-6-7-11-17(16)25(19)2/h3-11,18H,12-14H2,1-2H3,(H,24,29)(H,27,28). The quantitative estimate of drug-likeness (QED) is 0.714. The molecule has 7 nitrogen and oxygen atoms in total. The minimum Gasteiger partial charge on any atom is -0.481 e. The molecule has 3 aromatic rings. The molecule has 0 spiro atoms. The van der Waals surface area contributed by atoms with Crippen LogP contribution in [-0.2, 0) is 11.8 Å². The number of imidazole rings is 1. The van der Waals surface area contributed by atoms with Gasteiger partial charge in [-0.25, -0.2) is 9.78 Å². The van der Waals surface area contributed by atoms with Crippen molar-refractivity contribution in [1.82, 2.24) is 19.8 Å². The van der Waals surface area contributed by atoms with Crippen LogP contribution in [0.15, 0.2) is 54.6 Å². The van der Waals surface area contributed by atoms with Crippen LogP contribution in [0.1, 0.15) is 30.8 Å². The van der Waals surface area contributed by atoms with Crippen molar-refractivity contribution in [1.29, 1.82) is 0 Å². The maximum Gasteiger partial charge on any atom is 0.318 e. The normalized spacial score (nSPS) is 20.0. The molecule has 0 radical (unpaired) electrons. The summed E-state index contributed by atoms with van der Waals surface area (Å²) in [7, 11) is 1.93. The molecule has 150 valence electrons. The lowest BCUT2D eigenvalue weighted by atomic mass is 9.90. The predicted octanol–water partition coefficient (Wildman–Crippen LogP) is 3.17. The maximum atomic E-state index is 13.0. The van der Waals surface area contributed by atoms with E-state index in [4.69, 9.17) is 4.98 Å². The summed E-state index contributed by atoms with van der Waals surface area (Å²) in [6.07, 6.45) is 0.443. The Kier molecular flexibility index (Phi) is 4.74. The van der Waals surface area contributed by atoms with Gasteiger partial charge in [-0.15, -0.1) is 0 Å². The lowest BCUT2D eigenvalue weighted by molar-refractivity contribution is -0.147. The first-order valence-corrected chi connectivity index (χ1v) is 9.64. The van der Waals surface area contributed by atoms with Crippen molar-refractivity contribution >= 4 is 23.0 Å². The number of urea groups is 1. The van der Waals surface area contributed by atoms with Crippen LogP contribution in [0.25, 0.3) is 11.0 Å². The van der Waals surface area contributed by atoms with Crippen molar-refractivity contribution in [2.75, 3.05) is 13.1 Å². The van der Waals surface area contributed by atoms with Crippen LogP contribution in [0.3, 0.4) is 0 Å². The minimum absolute atomic E-state index is 0.193. The zero-order valence-corrected chi connectivity index (χ0v) is 16.5. The highest BCUT2D eigenvalue weighted by atomic mass is 16.4. The van der Waals surface area contributed by atoms with E-state index in [-0.39, 0.29) is 12.6 Å². The summed E-state index contributed by atoms with van der Waals surface area (Å²) in [4.78, 5) is 30.9. The predicted molar refractivity (Wildman–Crippen MR) is 109 cm³/mol. The first kappa shape index (κ1) is 19.0. The second-order valence-corrected chi connectivity index (χ2v) is 7.85. The van der Waals surface area contributed by atoms with Gasteiger partial charge in [-0.1, -0.05) is 42.5 Å². The van der Waals surface area contributed by atoms with Crippen LogP contribution >= 0.6 is 0 Å². The van der Waals surface area contributed by atoms with E-state index in [1.54, 1.807) is 11.8 Å². The number of carbonyl (C=O) groups is 2. The summed E-state index contributed by atoms with van der Waals surface area (Å²) in [5.74, 6) is -0.145. The van der Waals surface area contributed by atoms with E-state index >= 15 is 0 Å². The SMILES string of the molecule is Cn1c(C(NC(=O)N2CCC(C)(C(=O)O)C2)c2ccccc2)nc2ccccc21. The van der Waals surface area contributed by atoms with Crippen LogP contribution in [0, 0.1) is 5.41 Å². The number of hydrogen-bond acceptors (Lipinski definition) is 3. The van der Waals surface area contributed by atoms with Crippen molar-refractivity contribution < 1.29 is 14.7 Å². The molecule has 7 heteroatoms. The van der Waals surface area contributed by atoms with Crippen LogP contribution in [0.2, 0.25) is 0 Å². The molecule has 2 atom stereocenters. The van der Waals surface area contributed by atoms with E-state index in [0.29, 0.717) is 13.0 Å². The second-order valence-electron chi connectivity index (χ2n) is 7.85. The number of carboxylic acid groups (broad SMARTS) is 1. The summed E-state index contributed by atoms with van der Waals surface area (Å²) < 4.78 is 1.98. The summed E-state index contributed by atoms with van der Waals surface area (Å²) in [5.41, 5.74) is 1.86. The number of nitrogens with zero attached hydrogens (tertiary/aromatic N) is 3. The molecule has 1 aliphatic rings. The van der Waals surface area contributed by atoms with Crippen LogP contribution in [0.4, 0.5) is 4.79 Å². The van der Waals surface area contributed by atoms with Crippen molar-refractivity contribution in [2.24, 2.45) is 12.5 Å². The van der Waals surface area contributed by atoms with Crippen LogP contribution in [-0.4, -0.2) is 44.6 Å². The molecule has 2 amide bonds. The Morgan fingerprint density at radius 1 is 1.14 bits per heavy atom. The van der Waals surface area contributed by atoms with E-state index in [9.17, 15) is 14.7 Å². The zero-order chi connectivity index (χ0) is 20.6. The molecule has 0 saturated carbocycles. The number of aliphatic carboxylic acids is 1. The number of carboxylic acids is 1. The average molecular weight is 392 g/mol. The van der Waals surface area contributed by atoms with Gasteiger partial charge >= 0.3 is 12.0 Å². The molecule has 1 saturated heterocycles. The van der Waals surface area contributed by atoms with E-state index in [1.807, 2.05) is 66.2 Å². The second kappa shape index (κ2) is 7.24. The monoisotopic (exact) mass is 392 g/mol. The first-order valence-electron chi connectivity index (χ1n) is 9.64. The Hall–Kier alpha value is -3.35. The third kappa shape index (κ3) is 3.44. The number of rotatable bonds is 4. The largest absolute Gasteiger partial charge is 0.481 e. The Morgan fingerprint density at radius 2 is 1.83 bits per heavy atom. The number of aromatic nitrogens is 2. The number of benzene rings is 2. The van der Waals surface area contributed by atoms with Gasteiger partial charge in [0.15, 0.2) is 0 Å². The fourth-order valence-electron chi connectivity index (χ4n) is 3.89. The van der Waals surface area contributed by atoms with E-state index in [0.717, 1.165) is 22.4 Å². The van der Waals surface area contributed by atoms with Gasteiger partial charge in [0.1, 0.15) is 11.9 Å². The van der Waals surface area contributed by atoms with Gasteiger partial charge in [-0.05, 0) is 31.0 Å². The lowest BCUT2D eigenvalue weighted by Crippen LogP contribution is -2.43. The van der Waals surface area contributed by atoms with Crippen LogP contribution < -0.4 is 5.32 Å². The summed E-state index contributed by atoms with van der Waals surface area (Å²) in [6.45, 7) is 2.29. The third-order valence-corrected chi connectivity index (χ3v) is 5.76. The number of nitrogens with one attached hydrogen (secondary N) is 1. The molecule has 2 heterocycles. The summed E-state index contributed by atoms with van der Waals surface area (Å²) in [6, 6.07) is 16.8. The Balaban J connectivity index is 1.66. The Labute approximate surface area is 169 Å². The third-order valence-electron chi connectivity index (χ3n) is 5.76. The molecule has 4 rings (SSSR count). The van der Waals surface area contributed by atoms with Crippen molar-refractivity contribution in [3.8, 4) is 0 Å². The number of para-hydroxylation sites is 2. The number of hydrogen-bond donors (Lipinski definition) is 2. The highest BCUT2D eigenvalue weighted by molar-refractivity contribution is 5.80. The van der Waals surface area contributed by atoms with Crippen molar-refractivity contribution in [2.45, 2.75) is 19.4 Å². The minimum atomic E-state index is -0.905. The molecule has 1 fully saturated rings. The maximum absolute atomic E-state index is 13.0. The fraction of sp³-hybridized carbons (Fsp3) is 0.318. The molecule has 29 heavy (non-hydrogen) atoms. The highest BCUT2D eigenvalue weighted by Gasteiger charge is 2.42. The molecule has 1 aliphatic heterocycles. The lowest BCUT2D eigenvalue weighted by Gasteiger charge is -2.25. The molecule has 2 unspecified atom stereocenters. The molecule has 2 aromatic carbocycles. The van der Waals surface area contributed by atoms with Crippen molar-refractivity contribution in [3.05, 3.63) is 66.0 Å². The number of likely N-dealkylation sites (tertiary alicyclic amines) is 1. The Bertz CT molecular complexity index is 1060. The average Bonchev–Trinajstić information content (AvgIpc) is 3.29. The van der Waals surface area contributed by atoms with E-state index in [1.165, 1.54) is 0 Å². The molecular formula is C22H24N4O3. The Morgan fingerprint density at radius 3 is 2.48 bits per heavy atom. The first-order chi connectivity index (χ1) is 13.9. The number of carbonyl (C=O) groups excluding carboxylic acids is 1. The van der Waals surface area contributed by atoms with Gasteiger partial charge in [0.2, 0.25) is 0 Å². The van der Waals surface area contributed by atoms with Gasteiger partial charge in [0.25, 0.3) is 0 Å². The molecular weight excluding hydrogens is 368 g/mol. The highest BCUT2D eigenvalue weighted by Crippen LogP contribution is 2.31. The summed E-state index contributed by atoms with van der Waals surface area (Å²) in [5, 5.41) is 12.5. The topological polar surface area (TPSA) is 87.5 Å². The molecule has 2 N–H and O–H groups in total. The summed E-state index contributed by atoms with van der Waals surface area (Å²) >= 11 is 0. The smallest absolute Gasteiger partial charge is 0.318 e. The fourth-order valence-corrected chi connectivity index (χ4v) is 3.89. The number of aryl methyl sites for hydroxylation is 1. The van der Waals surface area contributed by atoms with E-state index in [2.05, 4.69) is 5.32 Å². The van der Waals surface area contributed by atoms with Gasteiger partial charge in [-0.3, -0.25) is 4.79 Å².